The van der Waals surface area contributed by atoms with Crippen LogP contribution < -0.4 is 15.8 Å². The van der Waals surface area contributed by atoms with Crippen LogP contribution in [0, 0.1) is 10.1 Å². The van der Waals surface area contributed by atoms with Gasteiger partial charge in [-0.3, -0.25) is 14.9 Å². The molecule has 0 spiro atoms. The average molecular weight is 359 g/mol. The quantitative estimate of drug-likeness (QED) is 0.350. The number of nitrogens with one attached hydrogen (secondary N) is 1. The van der Waals surface area contributed by atoms with Crippen molar-refractivity contribution in [3.05, 3.63) is 58.1 Å². The van der Waals surface area contributed by atoms with E-state index in [2.05, 4.69) is 5.32 Å². The van der Waals surface area contributed by atoms with Crippen molar-refractivity contribution in [2.45, 2.75) is 13.0 Å². The van der Waals surface area contributed by atoms with Crippen LogP contribution in [0.3, 0.4) is 0 Å². The molecule has 2 rings (SSSR count). The van der Waals surface area contributed by atoms with Gasteiger partial charge < -0.3 is 20.5 Å². The number of carbonyl (C=O) groups is 2. The maximum atomic E-state index is 12.2. The minimum absolute atomic E-state index is 0.0625. The molecular weight excluding hydrogens is 342 g/mol. The Hall–Kier alpha value is -3.62. The van der Waals surface area contributed by atoms with E-state index in [9.17, 15) is 19.7 Å². The Morgan fingerprint density at radius 3 is 2.54 bits per heavy atom. The molecule has 0 heterocycles. The summed E-state index contributed by atoms with van der Waals surface area (Å²) in [4.78, 5) is 34.4. The zero-order chi connectivity index (χ0) is 19.3. The third kappa shape index (κ3) is 4.26. The van der Waals surface area contributed by atoms with Gasteiger partial charge in [-0.25, -0.2) is 4.79 Å². The molecule has 1 atom stereocenters. The molecule has 2 aromatic carbocycles. The fraction of sp³-hybridized carbons (Fsp3) is 0.176. The predicted octanol–water partition coefficient (Wildman–Crippen LogP) is 2.37. The second-order valence-corrected chi connectivity index (χ2v) is 5.27. The Balaban J connectivity index is 2.06. The minimum Gasteiger partial charge on any atom is -0.495 e. The second-order valence-electron chi connectivity index (χ2n) is 5.27. The standard InChI is InChI=1S/C17H17N3O6/c1-10(16(21)19-14-5-3-4-6-15(14)25-2)26-17(22)12-8-7-11(20(23)24)9-13(12)18/h3-10H,18H2,1-2H3,(H,19,21)/t10-/m1/s1. The second kappa shape index (κ2) is 7.97. The number of esters is 1. The Kier molecular flexibility index (Phi) is 5.74. The van der Waals surface area contributed by atoms with E-state index in [0.717, 1.165) is 12.1 Å². The number of benzene rings is 2. The molecule has 0 aromatic heterocycles. The molecule has 0 fully saturated rings. The first-order chi connectivity index (χ1) is 12.3. The highest BCUT2D eigenvalue weighted by atomic mass is 16.6. The largest absolute Gasteiger partial charge is 0.495 e. The molecule has 0 saturated heterocycles. The fourth-order valence-electron chi connectivity index (χ4n) is 2.11. The van der Waals surface area contributed by atoms with Gasteiger partial charge in [0.05, 0.1) is 29.0 Å². The van der Waals surface area contributed by atoms with Crippen LogP contribution >= 0.6 is 0 Å². The van der Waals surface area contributed by atoms with Crippen LogP contribution in [0.4, 0.5) is 17.1 Å². The van der Waals surface area contributed by atoms with E-state index in [0.29, 0.717) is 11.4 Å². The number of ether oxygens (including phenoxy) is 2. The molecule has 0 aliphatic rings. The first-order valence-electron chi connectivity index (χ1n) is 7.52. The number of amides is 1. The van der Waals surface area contributed by atoms with Crippen molar-refractivity contribution in [3.63, 3.8) is 0 Å². The van der Waals surface area contributed by atoms with Gasteiger partial charge in [0.15, 0.2) is 6.10 Å². The van der Waals surface area contributed by atoms with Crippen molar-refractivity contribution < 1.29 is 24.0 Å². The highest BCUT2D eigenvalue weighted by Crippen LogP contribution is 2.24. The predicted molar refractivity (Wildman–Crippen MR) is 94.0 cm³/mol. The van der Waals surface area contributed by atoms with Gasteiger partial charge in [-0.05, 0) is 25.1 Å². The summed E-state index contributed by atoms with van der Waals surface area (Å²) in [5.74, 6) is -0.970. The summed E-state index contributed by atoms with van der Waals surface area (Å²) < 4.78 is 10.2. The first-order valence-corrected chi connectivity index (χ1v) is 7.52. The molecule has 9 heteroatoms. The van der Waals surface area contributed by atoms with E-state index in [1.807, 2.05) is 0 Å². The van der Waals surface area contributed by atoms with Crippen LogP contribution in [0.5, 0.6) is 5.75 Å². The SMILES string of the molecule is COc1ccccc1NC(=O)[C@@H](C)OC(=O)c1ccc([N+](=O)[O-])cc1N. The van der Waals surface area contributed by atoms with Crippen LogP contribution in [0.2, 0.25) is 0 Å². The monoisotopic (exact) mass is 359 g/mol. The number of carbonyl (C=O) groups excluding carboxylic acids is 2. The Bertz CT molecular complexity index is 852. The number of hydrogen-bond donors (Lipinski definition) is 2. The van der Waals surface area contributed by atoms with Gasteiger partial charge in [-0.2, -0.15) is 0 Å². The number of nitrogens with two attached hydrogens (primary N) is 1. The summed E-state index contributed by atoms with van der Waals surface area (Å²) in [6.45, 7) is 1.39. The molecular formula is C17H17N3O6. The van der Waals surface area contributed by atoms with Gasteiger partial charge in [-0.1, -0.05) is 12.1 Å². The zero-order valence-corrected chi connectivity index (χ0v) is 14.1. The summed E-state index contributed by atoms with van der Waals surface area (Å²) in [5.41, 5.74) is 5.66. The molecule has 26 heavy (non-hydrogen) atoms. The van der Waals surface area contributed by atoms with Crippen LogP contribution in [-0.4, -0.2) is 30.0 Å². The zero-order valence-electron chi connectivity index (χ0n) is 14.1. The molecule has 0 aliphatic heterocycles. The molecule has 3 N–H and O–H groups in total. The average Bonchev–Trinajstić information content (AvgIpc) is 2.61. The lowest BCUT2D eigenvalue weighted by molar-refractivity contribution is -0.384. The lowest BCUT2D eigenvalue weighted by Crippen LogP contribution is -2.30. The van der Waals surface area contributed by atoms with Gasteiger partial charge in [0, 0.05) is 12.1 Å². The van der Waals surface area contributed by atoms with Crippen LogP contribution in [0.1, 0.15) is 17.3 Å². The molecule has 0 saturated carbocycles. The van der Waals surface area contributed by atoms with Gasteiger partial charge >= 0.3 is 5.97 Å². The normalized spacial score (nSPS) is 11.3. The number of rotatable bonds is 6. The third-order valence-corrected chi connectivity index (χ3v) is 3.48. The van der Waals surface area contributed by atoms with Crippen LogP contribution in [0.15, 0.2) is 42.5 Å². The highest BCUT2D eigenvalue weighted by molar-refractivity contribution is 6.00. The van der Waals surface area contributed by atoms with Crippen molar-refractivity contribution in [2.24, 2.45) is 0 Å². The molecule has 136 valence electrons. The van der Waals surface area contributed by atoms with Crippen LogP contribution in [-0.2, 0) is 9.53 Å². The lowest BCUT2D eigenvalue weighted by atomic mass is 10.1. The molecule has 2 aromatic rings. The van der Waals surface area contributed by atoms with Gasteiger partial charge in [-0.15, -0.1) is 0 Å². The van der Waals surface area contributed by atoms with Crippen molar-refractivity contribution in [1.82, 2.24) is 0 Å². The van der Waals surface area contributed by atoms with Gasteiger partial charge in [0.25, 0.3) is 11.6 Å². The maximum Gasteiger partial charge on any atom is 0.341 e. The van der Waals surface area contributed by atoms with E-state index in [-0.39, 0.29) is 16.9 Å². The molecule has 1 amide bonds. The fourth-order valence-corrected chi connectivity index (χ4v) is 2.11. The molecule has 0 radical (unpaired) electrons. The molecule has 9 nitrogen and oxygen atoms in total. The summed E-state index contributed by atoms with van der Waals surface area (Å²) in [5, 5.41) is 13.3. The topological polar surface area (TPSA) is 134 Å². The van der Waals surface area contributed by atoms with Crippen molar-refractivity contribution >= 4 is 28.9 Å². The third-order valence-electron chi connectivity index (χ3n) is 3.48. The number of nitro benzene ring substituents is 1. The van der Waals surface area contributed by atoms with E-state index >= 15 is 0 Å². The number of nitrogen functional groups attached to an aromatic ring is 1. The number of nitro groups is 1. The highest BCUT2D eigenvalue weighted by Gasteiger charge is 2.22. The first kappa shape index (κ1) is 18.7. The molecule has 0 aliphatic carbocycles. The summed E-state index contributed by atoms with van der Waals surface area (Å²) in [7, 11) is 1.46. The minimum atomic E-state index is -1.12. The van der Waals surface area contributed by atoms with Crippen molar-refractivity contribution in [3.8, 4) is 5.75 Å². The smallest absolute Gasteiger partial charge is 0.341 e. The van der Waals surface area contributed by atoms with Crippen molar-refractivity contribution in [2.75, 3.05) is 18.2 Å². The van der Waals surface area contributed by atoms with Gasteiger partial charge in [0.2, 0.25) is 0 Å². The lowest BCUT2D eigenvalue weighted by Gasteiger charge is -2.15. The van der Waals surface area contributed by atoms with E-state index in [1.54, 1.807) is 24.3 Å². The summed E-state index contributed by atoms with van der Waals surface area (Å²) >= 11 is 0. The number of nitrogens with zero attached hydrogens (tertiary/aromatic N) is 1. The van der Waals surface area contributed by atoms with E-state index in [4.69, 9.17) is 15.2 Å². The molecule has 0 unspecified atom stereocenters. The number of para-hydroxylation sites is 2. The maximum absolute atomic E-state index is 12.2. The summed E-state index contributed by atoms with van der Waals surface area (Å²) in [6, 6.07) is 10.1. The Labute approximate surface area is 148 Å². The van der Waals surface area contributed by atoms with Crippen molar-refractivity contribution in [1.29, 1.82) is 0 Å². The number of methoxy groups -OCH3 is 1. The summed E-state index contributed by atoms with van der Waals surface area (Å²) in [6.07, 6.45) is -1.12. The Morgan fingerprint density at radius 1 is 1.23 bits per heavy atom. The van der Waals surface area contributed by atoms with Gasteiger partial charge in [0.1, 0.15) is 5.75 Å². The number of hydrogen-bond acceptors (Lipinski definition) is 7. The van der Waals surface area contributed by atoms with E-state index < -0.39 is 22.9 Å². The number of anilines is 2. The van der Waals surface area contributed by atoms with Crippen LogP contribution in [0.25, 0.3) is 0 Å². The molecule has 0 bridgehead atoms. The van der Waals surface area contributed by atoms with E-state index in [1.165, 1.54) is 20.1 Å². The Morgan fingerprint density at radius 2 is 1.92 bits per heavy atom. The number of non-ortho nitro benzene ring substituents is 1.